The van der Waals surface area contributed by atoms with Gasteiger partial charge in [-0.2, -0.15) is 0 Å². The zero-order valence-corrected chi connectivity index (χ0v) is 15.0. The van der Waals surface area contributed by atoms with Gasteiger partial charge in [-0.15, -0.1) is 11.3 Å². The number of piperazine rings is 1. The standard InChI is InChI=1S/C18H22N4OS/c1-12-17-14(10-13(11-15(17)23)16-4-3-9-24-16)20-18(19-12)22-7-5-21(2)6-8-22/h3-4,9,13H,5-8,10-11H2,1-2H3/t13-/m1/s1. The average molecular weight is 342 g/mol. The van der Waals surface area contributed by atoms with E-state index < -0.39 is 0 Å². The summed E-state index contributed by atoms with van der Waals surface area (Å²) in [5.74, 6) is 1.25. The van der Waals surface area contributed by atoms with Crippen LogP contribution in [0, 0.1) is 6.92 Å². The number of hydrogen-bond acceptors (Lipinski definition) is 6. The van der Waals surface area contributed by atoms with Crippen LogP contribution >= 0.6 is 11.3 Å². The van der Waals surface area contributed by atoms with Gasteiger partial charge in [0.05, 0.1) is 17.0 Å². The van der Waals surface area contributed by atoms with E-state index in [4.69, 9.17) is 4.98 Å². The van der Waals surface area contributed by atoms with Crippen LogP contribution < -0.4 is 4.90 Å². The van der Waals surface area contributed by atoms with Crippen LogP contribution in [0.15, 0.2) is 17.5 Å². The Morgan fingerprint density at radius 1 is 1.17 bits per heavy atom. The molecule has 2 aromatic rings. The first-order chi connectivity index (χ1) is 11.6. The summed E-state index contributed by atoms with van der Waals surface area (Å²) in [4.78, 5) is 28.0. The largest absolute Gasteiger partial charge is 0.338 e. The van der Waals surface area contributed by atoms with E-state index in [2.05, 4.69) is 39.3 Å². The fraction of sp³-hybridized carbons (Fsp3) is 0.500. The Kier molecular flexibility index (Phi) is 4.10. The number of hydrogen-bond donors (Lipinski definition) is 0. The third-order valence-electron chi connectivity index (χ3n) is 5.04. The molecule has 0 aromatic carbocycles. The number of aromatic nitrogens is 2. The summed E-state index contributed by atoms with van der Waals surface area (Å²) in [6.07, 6.45) is 1.41. The maximum atomic E-state index is 12.6. The molecule has 3 heterocycles. The van der Waals surface area contributed by atoms with Gasteiger partial charge in [-0.05, 0) is 31.8 Å². The molecule has 2 aliphatic rings. The second-order valence-electron chi connectivity index (χ2n) is 6.76. The first-order valence-electron chi connectivity index (χ1n) is 8.49. The number of anilines is 1. The van der Waals surface area contributed by atoms with Gasteiger partial charge in [0, 0.05) is 43.4 Å². The minimum absolute atomic E-state index is 0.192. The molecule has 126 valence electrons. The lowest BCUT2D eigenvalue weighted by Crippen LogP contribution is -2.45. The van der Waals surface area contributed by atoms with E-state index in [1.54, 1.807) is 11.3 Å². The number of aryl methyl sites for hydroxylation is 1. The van der Waals surface area contributed by atoms with Crippen molar-refractivity contribution in [1.29, 1.82) is 0 Å². The maximum Gasteiger partial charge on any atom is 0.225 e. The molecule has 0 saturated carbocycles. The van der Waals surface area contributed by atoms with Gasteiger partial charge in [-0.3, -0.25) is 4.79 Å². The average Bonchev–Trinajstić information content (AvgIpc) is 3.09. The molecule has 0 radical (unpaired) electrons. The molecule has 0 amide bonds. The van der Waals surface area contributed by atoms with E-state index >= 15 is 0 Å². The van der Waals surface area contributed by atoms with Crippen LogP contribution in [0.4, 0.5) is 5.95 Å². The second-order valence-corrected chi connectivity index (χ2v) is 7.74. The molecule has 4 rings (SSSR count). The summed E-state index contributed by atoms with van der Waals surface area (Å²) in [6.45, 7) is 5.88. The summed E-state index contributed by atoms with van der Waals surface area (Å²) >= 11 is 1.73. The highest BCUT2D eigenvalue weighted by Crippen LogP contribution is 2.35. The zero-order chi connectivity index (χ0) is 16.7. The third kappa shape index (κ3) is 2.84. The van der Waals surface area contributed by atoms with Crippen LogP contribution in [0.1, 0.15) is 39.0 Å². The predicted octanol–water partition coefficient (Wildman–Crippen LogP) is 2.51. The van der Waals surface area contributed by atoms with Crippen LogP contribution in [-0.2, 0) is 6.42 Å². The number of carbonyl (C=O) groups is 1. The monoisotopic (exact) mass is 342 g/mol. The summed E-state index contributed by atoms with van der Waals surface area (Å²) in [5, 5.41) is 2.08. The van der Waals surface area contributed by atoms with Crippen molar-refractivity contribution in [1.82, 2.24) is 14.9 Å². The van der Waals surface area contributed by atoms with E-state index in [-0.39, 0.29) is 11.7 Å². The molecule has 6 heteroatoms. The van der Waals surface area contributed by atoms with Crippen molar-refractivity contribution >= 4 is 23.1 Å². The minimum Gasteiger partial charge on any atom is -0.338 e. The summed E-state index contributed by atoms with van der Waals surface area (Å²) < 4.78 is 0. The van der Waals surface area contributed by atoms with Crippen molar-refractivity contribution < 1.29 is 4.79 Å². The molecule has 1 aliphatic carbocycles. The van der Waals surface area contributed by atoms with E-state index in [0.717, 1.165) is 55.5 Å². The summed E-state index contributed by atoms with van der Waals surface area (Å²) in [7, 11) is 2.14. The van der Waals surface area contributed by atoms with E-state index in [9.17, 15) is 4.79 Å². The van der Waals surface area contributed by atoms with Crippen molar-refractivity contribution in [3.05, 3.63) is 39.3 Å². The number of nitrogens with zero attached hydrogens (tertiary/aromatic N) is 4. The first kappa shape index (κ1) is 15.7. The normalized spacial score (nSPS) is 21.8. The Labute approximate surface area is 146 Å². The summed E-state index contributed by atoms with van der Waals surface area (Å²) in [5.41, 5.74) is 2.54. The van der Waals surface area contributed by atoms with Gasteiger partial charge >= 0.3 is 0 Å². The lowest BCUT2D eigenvalue weighted by atomic mass is 9.84. The number of Topliss-reactive ketones (excluding diaryl/α,β-unsaturated/α-hetero) is 1. The Bertz CT molecular complexity index is 751. The molecule has 0 N–H and O–H groups in total. The Morgan fingerprint density at radius 3 is 2.67 bits per heavy atom. The summed E-state index contributed by atoms with van der Waals surface area (Å²) in [6, 6.07) is 4.18. The molecule has 24 heavy (non-hydrogen) atoms. The number of carbonyl (C=O) groups excluding carboxylic acids is 1. The van der Waals surface area contributed by atoms with Crippen LogP contribution in [0.2, 0.25) is 0 Å². The van der Waals surface area contributed by atoms with Crippen LogP contribution in [0.5, 0.6) is 0 Å². The molecule has 1 fully saturated rings. The molecular formula is C18H22N4OS. The molecule has 0 spiro atoms. The van der Waals surface area contributed by atoms with E-state index in [1.165, 1.54) is 4.88 Å². The Balaban J connectivity index is 1.66. The zero-order valence-electron chi connectivity index (χ0n) is 14.2. The molecular weight excluding hydrogens is 320 g/mol. The highest BCUT2D eigenvalue weighted by molar-refractivity contribution is 7.10. The molecule has 1 aliphatic heterocycles. The number of rotatable bonds is 2. The smallest absolute Gasteiger partial charge is 0.225 e. The fourth-order valence-electron chi connectivity index (χ4n) is 3.63. The van der Waals surface area contributed by atoms with Gasteiger partial charge in [0.25, 0.3) is 0 Å². The third-order valence-corrected chi connectivity index (χ3v) is 6.07. The van der Waals surface area contributed by atoms with Gasteiger partial charge in [0.15, 0.2) is 5.78 Å². The van der Waals surface area contributed by atoms with Gasteiger partial charge in [-0.25, -0.2) is 9.97 Å². The van der Waals surface area contributed by atoms with Gasteiger partial charge < -0.3 is 9.80 Å². The molecule has 0 unspecified atom stereocenters. The minimum atomic E-state index is 0.192. The van der Waals surface area contributed by atoms with Crippen LogP contribution in [0.3, 0.4) is 0 Å². The van der Waals surface area contributed by atoms with Gasteiger partial charge in [-0.1, -0.05) is 6.07 Å². The molecule has 1 saturated heterocycles. The predicted molar refractivity (Wildman–Crippen MR) is 96.2 cm³/mol. The highest BCUT2D eigenvalue weighted by Gasteiger charge is 2.31. The second kappa shape index (κ2) is 6.26. The number of thiophene rings is 1. The lowest BCUT2D eigenvalue weighted by molar-refractivity contribution is 0.0962. The topological polar surface area (TPSA) is 49.3 Å². The number of ketones is 1. The first-order valence-corrected chi connectivity index (χ1v) is 9.37. The lowest BCUT2D eigenvalue weighted by Gasteiger charge is -2.33. The molecule has 1 atom stereocenters. The SMILES string of the molecule is Cc1nc(N2CCN(C)CC2)nc2c1C(=O)C[C@H](c1cccs1)C2. The molecule has 0 bridgehead atoms. The number of likely N-dealkylation sites (N-methyl/N-ethyl adjacent to an activating group) is 1. The number of fused-ring (bicyclic) bond motifs is 1. The van der Waals surface area contributed by atoms with Crippen molar-refractivity contribution in [3.63, 3.8) is 0 Å². The Hall–Kier alpha value is -1.79. The fourth-order valence-corrected chi connectivity index (χ4v) is 4.46. The van der Waals surface area contributed by atoms with E-state index in [1.807, 2.05) is 6.92 Å². The van der Waals surface area contributed by atoms with Crippen molar-refractivity contribution in [2.24, 2.45) is 0 Å². The van der Waals surface area contributed by atoms with Gasteiger partial charge in [0.2, 0.25) is 5.95 Å². The van der Waals surface area contributed by atoms with Gasteiger partial charge in [0.1, 0.15) is 0 Å². The highest BCUT2D eigenvalue weighted by atomic mass is 32.1. The Morgan fingerprint density at radius 2 is 1.96 bits per heavy atom. The quantitative estimate of drug-likeness (QED) is 0.839. The van der Waals surface area contributed by atoms with Crippen molar-refractivity contribution in [2.45, 2.75) is 25.7 Å². The van der Waals surface area contributed by atoms with Crippen molar-refractivity contribution in [2.75, 3.05) is 38.1 Å². The van der Waals surface area contributed by atoms with Crippen LogP contribution in [0.25, 0.3) is 0 Å². The van der Waals surface area contributed by atoms with Crippen molar-refractivity contribution in [3.8, 4) is 0 Å². The maximum absolute atomic E-state index is 12.6. The molecule has 2 aromatic heterocycles. The van der Waals surface area contributed by atoms with Crippen LogP contribution in [-0.4, -0.2) is 53.9 Å². The molecule has 5 nitrogen and oxygen atoms in total. The van der Waals surface area contributed by atoms with E-state index in [0.29, 0.717) is 6.42 Å².